The van der Waals surface area contributed by atoms with Crippen LogP contribution in [0.15, 0.2) is 12.1 Å². The van der Waals surface area contributed by atoms with E-state index in [2.05, 4.69) is 0 Å². The van der Waals surface area contributed by atoms with Gasteiger partial charge in [-0.1, -0.05) is 0 Å². The molecule has 5 nitrogen and oxygen atoms in total. The van der Waals surface area contributed by atoms with Gasteiger partial charge < -0.3 is 14.2 Å². The van der Waals surface area contributed by atoms with Crippen LogP contribution in [0.5, 0.6) is 17.2 Å². The highest BCUT2D eigenvalue weighted by atomic mass is 16.6. The number of carbonyl (C=O) groups excluding carboxylic acids is 2. The Morgan fingerprint density at radius 3 is 2.47 bits per heavy atom. The highest BCUT2D eigenvalue weighted by Gasteiger charge is 2.35. The van der Waals surface area contributed by atoms with Gasteiger partial charge in [-0.05, 0) is 0 Å². The summed E-state index contributed by atoms with van der Waals surface area (Å²) in [5.41, 5.74) is 0.156. The number of benzene rings is 1. The van der Waals surface area contributed by atoms with Crippen molar-refractivity contribution in [2.24, 2.45) is 0 Å². The number of Topliss-reactive ketones (excluding diaryl/α,β-unsaturated/α-hetero) is 1. The van der Waals surface area contributed by atoms with Gasteiger partial charge >= 0.3 is 5.97 Å². The van der Waals surface area contributed by atoms with Gasteiger partial charge in [-0.2, -0.15) is 0 Å². The summed E-state index contributed by atoms with van der Waals surface area (Å²) in [7, 11) is 2.88. The standard InChI is InChI=1S/C10H8O5/c1-13-5-3-6(14-2)8-7(4-5)15-10(12)9(8)11/h3-4H,1-2H3. The molecule has 0 bridgehead atoms. The largest absolute Gasteiger partial charge is 0.496 e. The summed E-state index contributed by atoms with van der Waals surface area (Å²) in [4.78, 5) is 22.4. The van der Waals surface area contributed by atoms with Crippen molar-refractivity contribution >= 4 is 11.8 Å². The summed E-state index contributed by atoms with van der Waals surface area (Å²) in [6, 6.07) is 3.00. The van der Waals surface area contributed by atoms with Crippen molar-refractivity contribution in [3.63, 3.8) is 0 Å². The van der Waals surface area contributed by atoms with Crippen LogP contribution in [-0.4, -0.2) is 26.0 Å². The van der Waals surface area contributed by atoms with Gasteiger partial charge in [0.05, 0.1) is 14.2 Å². The lowest BCUT2D eigenvalue weighted by molar-refractivity contribution is -0.128. The van der Waals surface area contributed by atoms with Crippen LogP contribution < -0.4 is 14.2 Å². The third-order valence-electron chi connectivity index (χ3n) is 2.11. The first kappa shape index (κ1) is 9.51. The molecule has 2 rings (SSSR count). The summed E-state index contributed by atoms with van der Waals surface area (Å²) < 4.78 is 14.7. The maximum Gasteiger partial charge on any atom is 0.385 e. The Morgan fingerprint density at radius 1 is 1.13 bits per heavy atom. The lowest BCUT2D eigenvalue weighted by atomic mass is 10.1. The summed E-state index contributed by atoms with van der Waals surface area (Å²) in [6.45, 7) is 0. The number of hydrogen-bond donors (Lipinski definition) is 0. The van der Waals surface area contributed by atoms with Crippen LogP contribution in [0.1, 0.15) is 10.4 Å². The van der Waals surface area contributed by atoms with Crippen molar-refractivity contribution in [1.82, 2.24) is 0 Å². The minimum absolute atomic E-state index is 0.156. The fraction of sp³-hybridized carbons (Fsp3) is 0.200. The SMILES string of the molecule is COc1cc(OC)c2c(c1)OC(=O)C2=O. The zero-order valence-electron chi connectivity index (χ0n) is 8.20. The van der Waals surface area contributed by atoms with Gasteiger partial charge in [0.1, 0.15) is 22.8 Å². The molecule has 15 heavy (non-hydrogen) atoms. The zero-order valence-corrected chi connectivity index (χ0v) is 8.20. The van der Waals surface area contributed by atoms with E-state index in [-0.39, 0.29) is 17.1 Å². The minimum atomic E-state index is -0.892. The molecule has 0 radical (unpaired) electrons. The zero-order chi connectivity index (χ0) is 11.0. The van der Waals surface area contributed by atoms with Crippen LogP contribution >= 0.6 is 0 Å². The fourth-order valence-corrected chi connectivity index (χ4v) is 1.40. The fourth-order valence-electron chi connectivity index (χ4n) is 1.40. The summed E-state index contributed by atoms with van der Waals surface area (Å²) >= 11 is 0. The molecule has 0 unspecified atom stereocenters. The highest BCUT2D eigenvalue weighted by molar-refractivity contribution is 6.45. The van der Waals surface area contributed by atoms with Gasteiger partial charge in [0.15, 0.2) is 0 Å². The van der Waals surface area contributed by atoms with E-state index in [4.69, 9.17) is 14.2 Å². The van der Waals surface area contributed by atoms with Crippen LogP contribution in [0.25, 0.3) is 0 Å². The number of hydrogen-bond acceptors (Lipinski definition) is 5. The molecule has 1 heterocycles. The molecule has 5 heteroatoms. The monoisotopic (exact) mass is 208 g/mol. The predicted octanol–water partition coefficient (Wildman–Crippen LogP) is 0.805. The second-order valence-corrected chi connectivity index (χ2v) is 2.92. The molecule has 1 aromatic carbocycles. The lowest BCUT2D eigenvalue weighted by Gasteiger charge is -2.06. The Morgan fingerprint density at radius 2 is 1.87 bits per heavy atom. The molecule has 1 aromatic rings. The van der Waals surface area contributed by atoms with Gasteiger partial charge in [0, 0.05) is 12.1 Å². The second kappa shape index (κ2) is 3.27. The molecule has 1 aliphatic rings. The number of fused-ring (bicyclic) bond motifs is 1. The minimum Gasteiger partial charge on any atom is -0.496 e. The highest BCUT2D eigenvalue weighted by Crippen LogP contribution is 2.37. The van der Waals surface area contributed by atoms with Crippen LogP contribution in [-0.2, 0) is 4.79 Å². The molecule has 0 fully saturated rings. The molecule has 0 N–H and O–H groups in total. The van der Waals surface area contributed by atoms with Gasteiger partial charge in [-0.15, -0.1) is 0 Å². The molecular weight excluding hydrogens is 200 g/mol. The number of ether oxygens (including phenoxy) is 3. The van der Waals surface area contributed by atoms with Crippen molar-refractivity contribution in [1.29, 1.82) is 0 Å². The maximum absolute atomic E-state index is 11.4. The molecule has 0 amide bonds. The maximum atomic E-state index is 11.4. The smallest absolute Gasteiger partial charge is 0.385 e. The summed E-state index contributed by atoms with van der Waals surface area (Å²) in [6.07, 6.45) is 0. The van der Waals surface area contributed by atoms with E-state index in [1.807, 2.05) is 0 Å². The number of esters is 1. The van der Waals surface area contributed by atoms with E-state index in [1.165, 1.54) is 26.4 Å². The predicted molar refractivity (Wildman–Crippen MR) is 49.5 cm³/mol. The number of methoxy groups -OCH3 is 2. The number of rotatable bonds is 2. The van der Waals surface area contributed by atoms with Crippen molar-refractivity contribution < 1.29 is 23.8 Å². The molecule has 0 aromatic heterocycles. The van der Waals surface area contributed by atoms with E-state index in [0.29, 0.717) is 5.75 Å². The van der Waals surface area contributed by atoms with Crippen LogP contribution in [0.3, 0.4) is 0 Å². The molecular formula is C10H8O5. The Kier molecular flexibility index (Phi) is 2.07. The quantitative estimate of drug-likeness (QED) is 0.408. The van der Waals surface area contributed by atoms with E-state index in [9.17, 15) is 9.59 Å². The van der Waals surface area contributed by atoms with Gasteiger partial charge in [0.2, 0.25) is 0 Å². The molecule has 0 saturated carbocycles. The van der Waals surface area contributed by atoms with Gasteiger partial charge in [-0.25, -0.2) is 4.79 Å². The van der Waals surface area contributed by atoms with E-state index < -0.39 is 11.8 Å². The number of ketones is 1. The first-order valence-corrected chi connectivity index (χ1v) is 4.20. The summed E-state index contributed by atoms with van der Waals surface area (Å²) in [5, 5.41) is 0. The Hall–Kier alpha value is -2.04. The van der Waals surface area contributed by atoms with Crippen LogP contribution in [0.2, 0.25) is 0 Å². The second-order valence-electron chi connectivity index (χ2n) is 2.92. The molecule has 0 atom stereocenters. The van der Waals surface area contributed by atoms with Crippen molar-refractivity contribution in [2.45, 2.75) is 0 Å². The molecule has 0 aliphatic carbocycles. The van der Waals surface area contributed by atoms with E-state index >= 15 is 0 Å². The third kappa shape index (κ3) is 1.32. The first-order chi connectivity index (χ1) is 7.17. The Balaban J connectivity index is 2.63. The van der Waals surface area contributed by atoms with E-state index in [1.54, 1.807) is 0 Å². The summed E-state index contributed by atoms with van der Waals surface area (Å²) in [5.74, 6) is -0.657. The first-order valence-electron chi connectivity index (χ1n) is 4.20. The molecule has 0 saturated heterocycles. The van der Waals surface area contributed by atoms with Crippen LogP contribution in [0.4, 0.5) is 0 Å². The normalized spacial score (nSPS) is 13.5. The molecule has 1 aliphatic heterocycles. The van der Waals surface area contributed by atoms with Gasteiger partial charge in [-0.3, -0.25) is 4.79 Å². The number of carbonyl (C=O) groups is 2. The lowest BCUT2D eigenvalue weighted by Crippen LogP contribution is -2.10. The van der Waals surface area contributed by atoms with Crippen molar-refractivity contribution in [3.8, 4) is 17.2 Å². The van der Waals surface area contributed by atoms with Gasteiger partial charge in [0.25, 0.3) is 5.78 Å². The van der Waals surface area contributed by atoms with Crippen molar-refractivity contribution in [2.75, 3.05) is 14.2 Å². The third-order valence-corrected chi connectivity index (χ3v) is 2.11. The topological polar surface area (TPSA) is 61.8 Å². The molecule has 0 spiro atoms. The Labute approximate surface area is 85.5 Å². The van der Waals surface area contributed by atoms with E-state index in [0.717, 1.165) is 0 Å². The van der Waals surface area contributed by atoms with Crippen LogP contribution in [0, 0.1) is 0 Å². The van der Waals surface area contributed by atoms with Crippen molar-refractivity contribution in [3.05, 3.63) is 17.7 Å². The molecule has 78 valence electrons. The average Bonchev–Trinajstić information content (AvgIpc) is 2.53. The Bertz CT molecular complexity index is 449. The average molecular weight is 208 g/mol.